The first-order chi connectivity index (χ1) is 16.1. The molecule has 0 saturated carbocycles. The molecule has 2 heterocycles. The molecule has 0 bridgehead atoms. The van der Waals surface area contributed by atoms with Crippen molar-refractivity contribution in [2.45, 2.75) is 12.8 Å². The van der Waals surface area contributed by atoms with Crippen LogP contribution >= 0.6 is 0 Å². The average Bonchev–Trinajstić information content (AvgIpc) is 3.29. The predicted molar refractivity (Wildman–Crippen MR) is 129 cm³/mol. The number of hydrogen-bond acceptors (Lipinski definition) is 4. The zero-order valence-electron chi connectivity index (χ0n) is 18.8. The first kappa shape index (κ1) is 22.7. The van der Waals surface area contributed by atoms with Crippen LogP contribution in [0.2, 0.25) is 0 Å². The second-order valence-corrected chi connectivity index (χ2v) is 8.37. The number of nitrogens with zero attached hydrogens (tertiary/aromatic N) is 3. The summed E-state index contributed by atoms with van der Waals surface area (Å²) in [4.78, 5) is 42.7. The van der Waals surface area contributed by atoms with Gasteiger partial charge < -0.3 is 15.1 Å². The fourth-order valence-corrected chi connectivity index (χ4v) is 4.17. The van der Waals surface area contributed by atoms with Crippen LogP contribution in [0.25, 0.3) is 6.08 Å². The molecule has 0 atom stereocenters. The number of rotatable bonds is 7. The molecule has 2 aromatic rings. The lowest BCUT2D eigenvalue weighted by Crippen LogP contribution is -2.51. The second-order valence-electron chi connectivity index (χ2n) is 8.37. The third kappa shape index (κ3) is 6.08. The lowest BCUT2D eigenvalue weighted by Gasteiger charge is -2.34. The van der Waals surface area contributed by atoms with Crippen molar-refractivity contribution in [2.24, 2.45) is 0 Å². The van der Waals surface area contributed by atoms with Gasteiger partial charge in [0, 0.05) is 56.9 Å². The summed E-state index contributed by atoms with van der Waals surface area (Å²) >= 11 is 0. The molecule has 1 N–H and O–H groups in total. The van der Waals surface area contributed by atoms with Crippen molar-refractivity contribution in [3.63, 3.8) is 0 Å². The summed E-state index contributed by atoms with van der Waals surface area (Å²) in [5.74, 6) is -0.237. The summed E-state index contributed by atoms with van der Waals surface area (Å²) in [5.41, 5.74) is 2.47. The van der Waals surface area contributed by atoms with Crippen molar-refractivity contribution in [1.82, 2.24) is 15.1 Å². The third-order valence-corrected chi connectivity index (χ3v) is 6.11. The van der Waals surface area contributed by atoms with Gasteiger partial charge in [0.2, 0.25) is 11.8 Å². The molecule has 3 amide bonds. The average molecular weight is 447 g/mol. The zero-order chi connectivity index (χ0) is 23.0. The zero-order valence-corrected chi connectivity index (χ0v) is 18.8. The first-order valence-corrected chi connectivity index (χ1v) is 11.5. The predicted octanol–water partition coefficient (Wildman–Crippen LogP) is 2.40. The quantitative estimate of drug-likeness (QED) is 0.709. The van der Waals surface area contributed by atoms with Gasteiger partial charge in [-0.25, -0.2) is 0 Å². The van der Waals surface area contributed by atoms with Crippen LogP contribution in [0.15, 0.2) is 60.7 Å². The van der Waals surface area contributed by atoms with Gasteiger partial charge in [-0.2, -0.15) is 0 Å². The smallest absolute Gasteiger partial charge is 0.251 e. The van der Waals surface area contributed by atoms with Gasteiger partial charge in [0.1, 0.15) is 0 Å². The number of nitrogens with one attached hydrogen (secondary N) is 1. The normalized spacial score (nSPS) is 17.0. The van der Waals surface area contributed by atoms with Gasteiger partial charge in [-0.15, -0.1) is 0 Å². The first-order valence-electron chi connectivity index (χ1n) is 11.5. The Hall–Kier alpha value is -3.45. The number of anilines is 1. The Kier molecular flexibility index (Phi) is 7.52. The number of piperazine rings is 1. The molecular formula is C26H30N4O3. The van der Waals surface area contributed by atoms with Crippen LogP contribution in [0, 0.1) is 0 Å². The molecule has 0 radical (unpaired) electrons. The van der Waals surface area contributed by atoms with Crippen LogP contribution in [-0.2, 0) is 9.59 Å². The van der Waals surface area contributed by atoms with Crippen molar-refractivity contribution in [3.05, 3.63) is 71.8 Å². The lowest BCUT2D eigenvalue weighted by molar-refractivity contribution is -0.131. The van der Waals surface area contributed by atoms with E-state index < -0.39 is 0 Å². The molecule has 2 aliphatic rings. The van der Waals surface area contributed by atoms with Crippen LogP contribution in [0.5, 0.6) is 0 Å². The number of carbonyl (C=O) groups excluding carboxylic acids is 3. The van der Waals surface area contributed by atoms with Crippen LogP contribution in [0.3, 0.4) is 0 Å². The highest BCUT2D eigenvalue weighted by molar-refractivity contribution is 5.98. The number of carbonyl (C=O) groups is 3. The van der Waals surface area contributed by atoms with E-state index in [1.54, 1.807) is 34.1 Å². The van der Waals surface area contributed by atoms with Gasteiger partial charge in [-0.3, -0.25) is 19.3 Å². The van der Waals surface area contributed by atoms with Crippen LogP contribution in [0.1, 0.15) is 28.8 Å². The van der Waals surface area contributed by atoms with E-state index in [4.69, 9.17) is 0 Å². The fourth-order valence-electron chi connectivity index (χ4n) is 4.17. The minimum Gasteiger partial charge on any atom is -0.343 e. The molecule has 2 saturated heterocycles. The maximum Gasteiger partial charge on any atom is 0.251 e. The van der Waals surface area contributed by atoms with Crippen molar-refractivity contribution >= 4 is 29.5 Å². The Morgan fingerprint density at radius 1 is 0.909 bits per heavy atom. The summed E-state index contributed by atoms with van der Waals surface area (Å²) in [6.07, 6.45) is 5.70. The maximum absolute atomic E-state index is 12.5. The molecule has 172 valence electrons. The number of amides is 3. The standard InChI is InChI=1S/C26H30N4O3/c31-24-9-5-15-30(24)23-12-10-22(11-13-23)26(33)27-20-25(32)29-18-16-28(17-19-29)14-4-8-21-6-2-1-3-7-21/h1-4,6-8,10-13H,5,9,14-20H2,(H,27,33). The van der Waals surface area contributed by atoms with Crippen molar-refractivity contribution < 1.29 is 14.4 Å². The largest absolute Gasteiger partial charge is 0.343 e. The van der Waals surface area contributed by atoms with E-state index in [0.717, 1.165) is 38.3 Å². The van der Waals surface area contributed by atoms with Crippen molar-refractivity contribution in [3.8, 4) is 0 Å². The Labute approximate surface area is 194 Å². The molecule has 33 heavy (non-hydrogen) atoms. The molecule has 0 aromatic heterocycles. The summed E-state index contributed by atoms with van der Waals surface area (Å²) < 4.78 is 0. The van der Waals surface area contributed by atoms with E-state index in [1.165, 1.54) is 5.56 Å². The Bertz CT molecular complexity index is 996. The molecule has 7 heteroatoms. The van der Waals surface area contributed by atoms with Crippen molar-refractivity contribution in [1.29, 1.82) is 0 Å². The highest BCUT2D eigenvalue weighted by atomic mass is 16.2. The van der Waals surface area contributed by atoms with Gasteiger partial charge in [-0.1, -0.05) is 42.5 Å². The molecular weight excluding hydrogens is 416 g/mol. The highest BCUT2D eigenvalue weighted by Crippen LogP contribution is 2.21. The summed E-state index contributed by atoms with van der Waals surface area (Å²) in [5, 5.41) is 2.72. The minimum absolute atomic E-state index is 0.0148. The van der Waals surface area contributed by atoms with Gasteiger partial charge in [0.15, 0.2) is 0 Å². The van der Waals surface area contributed by atoms with E-state index in [2.05, 4.69) is 34.5 Å². The summed E-state index contributed by atoms with van der Waals surface area (Å²) in [6.45, 7) is 4.51. The molecule has 2 aliphatic heterocycles. The van der Waals surface area contributed by atoms with Gasteiger partial charge >= 0.3 is 0 Å². The van der Waals surface area contributed by atoms with Crippen molar-refractivity contribution in [2.75, 3.05) is 50.7 Å². The van der Waals surface area contributed by atoms with Crippen LogP contribution < -0.4 is 10.2 Å². The van der Waals surface area contributed by atoms with E-state index >= 15 is 0 Å². The SMILES string of the molecule is O=C(NCC(=O)N1CCN(CC=Cc2ccccc2)CC1)c1ccc(N2CCCC2=O)cc1. The highest BCUT2D eigenvalue weighted by Gasteiger charge is 2.23. The second kappa shape index (κ2) is 10.9. The minimum atomic E-state index is -0.285. The lowest BCUT2D eigenvalue weighted by atomic mass is 10.2. The Morgan fingerprint density at radius 2 is 1.64 bits per heavy atom. The Balaban J connectivity index is 1.18. The van der Waals surface area contributed by atoms with E-state index in [9.17, 15) is 14.4 Å². The molecule has 0 unspecified atom stereocenters. The molecule has 4 rings (SSSR count). The molecule has 0 aliphatic carbocycles. The molecule has 2 fully saturated rings. The maximum atomic E-state index is 12.5. The summed E-state index contributed by atoms with van der Waals surface area (Å²) in [6, 6.07) is 17.2. The summed E-state index contributed by atoms with van der Waals surface area (Å²) in [7, 11) is 0. The molecule has 7 nitrogen and oxygen atoms in total. The van der Waals surface area contributed by atoms with E-state index in [0.29, 0.717) is 25.1 Å². The topological polar surface area (TPSA) is 73.0 Å². The Morgan fingerprint density at radius 3 is 2.30 bits per heavy atom. The van der Waals surface area contributed by atoms with Gasteiger partial charge in [0.25, 0.3) is 5.91 Å². The van der Waals surface area contributed by atoms with Gasteiger partial charge in [0.05, 0.1) is 6.54 Å². The number of hydrogen-bond donors (Lipinski definition) is 1. The molecule has 2 aromatic carbocycles. The van der Waals surface area contributed by atoms with Crippen LogP contribution in [0.4, 0.5) is 5.69 Å². The molecule has 0 spiro atoms. The monoisotopic (exact) mass is 446 g/mol. The van der Waals surface area contributed by atoms with E-state index in [-0.39, 0.29) is 24.3 Å². The van der Waals surface area contributed by atoms with Gasteiger partial charge in [-0.05, 0) is 36.2 Å². The third-order valence-electron chi connectivity index (χ3n) is 6.11. The fraction of sp³-hybridized carbons (Fsp3) is 0.346. The van der Waals surface area contributed by atoms with E-state index in [1.807, 2.05) is 18.2 Å². The number of benzene rings is 2. The van der Waals surface area contributed by atoms with Crippen LogP contribution in [-0.4, -0.2) is 73.3 Å².